The van der Waals surface area contributed by atoms with Gasteiger partial charge < -0.3 is 10.1 Å². The van der Waals surface area contributed by atoms with Crippen molar-refractivity contribution in [2.45, 2.75) is 76.6 Å². The zero-order valence-electron chi connectivity index (χ0n) is 23.1. The second kappa shape index (κ2) is 12.3. The first-order valence-electron chi connectivity index (χ1n) is 13.3. The summed E-state index contributed by atoms with van der Waals surface area (Å²) in [5.41, 5.74) is 4.53. The molecule has 1 saturated heterocycles. The van der Waals surface area contributed by atoms with Crippen LogP contribution in [0.5, 0.6) is 0 Å². The van der Waals surface area contributed by atoms with E-state index in [1.807, 2.05) is 0 Å². The summed E-state index contributed by atoms with van der Waals surface area (Å²) in [5.74, 6) is -2.55. The number of amides is 4. The number of hydrogen-bond acceptors (Lipinski definition) is 7. The van der Waals surface area contributed by atoms with E-state index in [0.29, 0.717) is 22.5 Å². The van der Waals surface area contributed by atoms with Crippen molar-refractivity contribution >= 4 is 46.3 Å². The highest BCUT2D eigenvalue weighted by molar-refractivity contribution is 6.31. The Morgan fingerprint density at radius 2 is 1.71 bits per heavy atom. The van der Waals surface area contributed by atoms with Crippen LogP contribution in [0.3, 0.4) is 0 Å². The molecule has 4 amide bonds. The molecule has 2 atom stereocenters. The van der Waals surface area contributed by atoms with Crippen LogP contribution in [0.2, 0.25) is 5.02 Å². The van der Waals surface area contributed by atoms with Crippen molar-refractivity contribution in [3.05, 3.63) is 41.0 Å². The van der Waals surface area contributed by atoms with Crippen molar-refractivity contribution in [1.82, 2.24) is 26.1 Å². The number of likely N-dealkylation sites (tertiary alicyclic amines) is 1. The summed E-state index contributed by atoms with van der Waals surface area (Å²) in [6, 6.07) is 5.21. The Morgan fingerprint density at radius 1 is 1.02 bits per heavy atom. The molecule has 4 rings (SSSR count). The van der Waals surface area contributed by atoms with Gasteiger partial charge in [-0.2, -0.15) is 0 Å². The second-order valence-corrected chi connectivity index (χ2v) is 11.7. The third-order valence-electron chi connectivity index (χ3n) is 6.83. The smallest absolute Gasteiger partial charge is 0.444 e. The fourth-order valence-corrected chi connectivity index (χ4v) is 4.91. The molecule has 11 nitrogen and oxygen atoms in total. The third kappa shape index (κ3) is 8.22. The Balaban J connectivity index is 1.37. The molecule has 42 heavy (non-hydrogen) atoms. The van der Waals surface area contributed by atoms with E-state index < -0.39 is 59.9 Å². The molecule has 2 aliphatic rings. The summed E-state index contributed by atoms with van der Waals surface area (Å²) in [6.07, 6.45) is -5.10. The van der Waals surface area contributed by atoms with Crippen molar-refractivity contribution < 1.29 is 41.8 Å². The van der Waals surface area contributed by atoms with Crippen LogP contribution in [0.1, 0.15) is 56.8 Å². The molecule has 0 spiro atoms. The van der Waals surface area contributed by atoms with Crippen molar-refractivity contribution in [1.29, 1.82) is 0 Å². The van der Waals surface area contributed by atoms with Gasteiger partial charge >= 0.3 is 12.5 Å². The van der Waals surface area contributed by atoms with E-state index in [1.165, 1.54) is 11.1 Å². The first kappa shape index (κ1) is 31.3. The van der Waals surface area contributed by atoms with Crippen LogP contribution >= 0.6 is 11.6 Å². The number of benzene rings is 1. The quantitative estimate of drug-likeness (QED) is 0.436. The number of rotatable bonds is 5. The van der Waals surface area contributed by atoms with Crippen molar-refractivity contribution in [3.8, 4) is 0 Å². The maximum Gasteiger partial charge on any atom is 0.522 e. The van der Waals surface area contributed by atoms with Gasteiger partial charge in [-0.15, -0.1) is 13.2 Å². The second-order valence-electron chi connectivity index (χ2n) is 11.3. The number of carbonyl (C=O) groups is 4. The molecule has 228 valence electrons. The van der Waals surface area contributed by atoms with Crippen LogP contribution in [0.4, 0.5) is 18.0 Å². The largest absolute Gasteiger partial charge is 0.522 e. The zero-order chi connectivity index (χ0) is 30.8. The van der Waals surface area contributed by atoms with Gasteiger partial charge in [-0.25, -0.2) is 4.79 Å². The summed E-state index contributed by atoms with van der Waals surface area (Å²) in [6.45, 7) is 4.94. The minimum atomic E-state index is -4.79. The molecule has 1 aromatic carbocycles. The molecule has 15 heteroatoms. The number of fused-ring (bicyclic) bond motifs is 1. The highest BCUT2D eigenvalue weighted by atomic mass is 35.5. The van der Waals surface area contributed by atoms with Gasteiger partial charge in [0.05, 0.1) is 17.2 Å². The standard InChI is InChI=1S/C27H31ClF3N5O6/c1-26(2,3)42-25(40)36-13-18(33-22(37)16-8-14-4-5-17(28)11-20(14)32-12-16)6-7-21(36)24(39)35-34-23(38)15-9-19(10-15)41-27(29,30)31/h4-5,8,11-12,15,18-19,21H,6-7,9-10,13H2,1-3H3,(H,33,37)(H,34,38)(H,35,39)/t15-,18-,19+,21+/m0/s1. The van der Waals surface area contributed by atoms with Crippen LogP contribution in [0, 0.1) is 5.92 Å². The number of halogens is 4. The van der Waals surface area contributed by atoms with E-state index in [0.717, 1.165) is 5.39 Å². The molecule has 2 fully saturated rings. The lowest BCUT2D eigenvalue weighted by Gasteiger charge is -2.39. The summed E-state index contributed by atoms with van der Waals surface area (Å²) >= 11 is 6.00. The number of ether oxygens (including phenoxy) is 2. The number of aromatic nitrogens is 1. The summed E-state index contributed by atoms with van der Waals surface area (Å²) in [5, 5.41) is 4.10. The van der Waals surface area contributed by atoms with Crippen molar-refractivity contribution in [3.63, 3.8) is 0 Å². The van der Waals surface area contributed by atoms with Crippen LogP contribution in [0.15, 0.2) is 30.5 Å². The van der Waals surface area contributed by atoms with Crippen molar-refractivity contribution in [2.75, 3.05) is 6.54 Å². The van der Waals surface area contributed by atoms with Gasteiger partial charge in [-0.3, -0.25) is 39.9 Å². The number of hydrogen-bond donors (Lipinski definition) is 3. The maximum atomic E-state index is 13.1. The summed E-state index contributed by atoms with van der Waals surface area (Å²) < 4.78 is 46.3. The Bertz CT molecular complexity index is 1360. The van der Waals surface area contributed by atoms with Gasteiger partial charge in [0, 0.05) is 35.1 Å². The van der Waals surface area contributed by atoms with Crippen LogP contribution in [0.25, 0.3) is 10.9 Å². The van der Waals surface area contributed by atoms with E-state index in [2.05, 4.69) is 25.9 Å². The molecule has 0 unspecified atom stereocenters. The molecular formula is C27H31ClF3N5O6. The Labute approximate surface area is 244 Å². The zero-order valence-corrected chi connectivity index (χ0v) is 23.8. The van der Waals surface area contributed by atoms with E-state index >= 15 is 0 Å². The first-order chi connectivity index (χ1) is 19.6. The lowest BCUT2D eigenvalue weighted by atomic mass is 9.82. The van der Waals surface area contributed by atoms with Gasteiger partial charge in [-0.05, 0) is 64.7 Å². The van der Waals surface area contributed by atoms with E-state index in [9.17, 15) is 32.3 Å². The van der Waals surface area contributed by atoms with Crippen LogP contribution < -0.4 is 16.2 Å². The minimum absolute atomic E-state index is 0.0532. The van der Waals surface area contributed by atoms with E-state index in [-0.39, 0.29) is 25.8 Å². The first-order valence-corrected chi connectivity index (χ1v) is 13.7. The molecule has 2 heterocycles. The van der Waals surface area contributed by atoms with Crippen molar-refractivity contribution in [2.24, 2.45) is 5.92 Å². The molecule has 0 bridgehead atoms. The van der Waals surface area contributed by atoms with Gasteiger partial charge in [0.1, 0.15) is 11.6 Å². The van der Waals surface area contributed by atoms with E-state index in [1.54, 1.807) is 45.0 Å². The molecule has 1 aliphatic heterocycles. The number of alkyl halides is 3. The lowest BCUT2D eigenvalue weighted by Crippen LogP contribution is -2.61. The van der Waals surface area contributed by atoms with Gasteiger partial charge in [-0.1, -0.05) is 17.7 Å². The van der Waals surface area contributed by atoms with Gasteiger partial charge in [0.15, 0.2) is 0 Å². The van der Waals surface area contributed by atoms with Gasteiger partial charge in [0.2, 0.25) is 5.91 Å². The highest BCUT2D eigenvalue weighted by Gasteiger charge is 2.43. The van der Waals surface area contributed by atoms with Crippen LogP contribution in [-0.2, 0) is 19.1 Å². The number of nitrogens with one attached hydrogen (secondary N) is 3. The topological polar surface area (TPSA) is 139 Å². The van der Waals surface area contributed by atoms with E-state index in [4.69, 9.17) is 16.3 Å². The summed E-state index contributed by atoms with van der Waals surface area (Å²) in [7, 11) is 0. The SMILES string of the molecule is CC(C)(C)OC(=O)N1C[C@@H](NC(=O)c2cnc3cc(Cl)ccc3c2)CC[C@@H]1C(=O)NNC(=O)[C@H]1C[C@@H](OC(F)(F)F)C1. The molecule has 1 aliphatic carbocycles. The average Bonchev–Trinajstić information content (AvgIpc) is 2.87. The Morgan fingerprint density at radius 3 is 2.38 bits per heavy atom. The molecule has 3 N–H and O–H groups in total. The molecule has 1 saturated carbocycles. The molecule has 0 radical (unpaired) electrons. The Kier molecular flexibility index (Phi) is 9.16. The lowest BCUT2D eigenvalue weighted by molar-refractivity contribution is -0.353. The third-order valence-corrected chi connectivity index (χ3v) is 7.07. The predicted octanol–water partition coefficient (Wildman–Crippen LogP) is 3.85. The fourth-order valence-electron chi connectivity index (χ4n) is 4.74. The average molecular weight is 614 g/mol. The monoisotopic (exact) mass is 613 g/mol. The maximum absolute atomic E-state index is 13.1. The number of pyridine rings is 1. The fraction of sp³-hybridized carbons (Fsp3) is 0.519. The predicted molar refractivity (Wildman–Crippen MR) is 144 cm³/mol. The molecular weight excluding hydrogens is 583 g/mol. The number of piperidine rings is 1. The summed E-state index contributed by atoms with van der Waals surface area (Å²) in [4.78, 5) is 56.8. The molecule has 2 aromatic rings. The molecule has 1 aromatic heterocycles. The minimum Gasteiger partial charge on any atom is -0.444 e. The normalized spacial score (nSPS) is 22.6. The Hall–Kier alpha value is -3.65. The highest BCUT2D eigenvalue weighted by Crippen LogP contribution is 2.34. The van der Waals surface area contributed by atoms with Crippen LogP contribution in [-0.4, -0.2) is 70.4 Å². The van der Waals surface area contributed by atoms with Gasteiger partial charge in [0.25, 0.3) is 11.8 Å². The number of hydrazine groups is 1. The number of nitrogens with zero attached hydrogens (tertiary/aromatic N) is 2. The number of carbonyl (C=O) groups excluding carboxylic acids is 4.